The van der Waals surface area contributed by atoms with Gasteiger partial charge in [-0.2, -0.15) is 13.2 Å². The van der Waals surface area contributed by atoms with Crippen LogP contribution in [0.2, 0.25) is 0 Å². The van der Waals surface area contributed by atoms with Crippen molar-refractivity contribution in [3.63, 3.8) is 0 Å². The van der Waals surface area contributed by atoms with Crippen LogP contribution in [0, 0.1) is 5.92 Å². The monoisotopic (exact) mass is 822 g/mol. The molecule has 0 spiro atoms. The van der Waals surface area contributed by atoms with E-state index >= 15 is 0 Å². The zero-order valence-corrected chi connectivity index (χ0v) is 33.1. The molecule has 0 unspecified atom stereocenters. The SMILES string of the molecule is CCC(CC)OC(=O)N[C@H]1CCCCC/C=C/[C@@H]2C[C@@]2(C(=O)NS(=O)(=O)C2(C)CC2)NC(=O)[C@@H]2C[C@@H](Oc3nc4ccc(OC)cc4nc3C(F)(F)F)CN2C1=O. The van der Waals surface area contributed by atoms with E-state index in [1.54, 1.807) is 6.08 Å². The zero-order valence-electron chi connectivity index (χ0n) is 32.3. The highest BCUT2D eigenvalue weighted by atomic mass is 32.2. The first-order chi connectivity index (χ1) is 26.9. The first-order valence-electron chi connectivity index (χ1n) is 19.4. The minimum atomic E-state index is -5.01. The van der Waals surface area contributed by atoms with E-state index in [2.05, 4.69) is 25.3 Å². The lowest BCUT2D eigenvalue weighted by molar-refractivity contribution is -0.143. The molecule has 2 aliphatic carbocycles. The highest BCUT2D eigenvalue weighted by Crippen LogP contribution is 2.47. The van der Waals surface area contributed by atoms with Gasteiger partial charge in [0, 0.05) is 18.4 Å². The summed E-state index contributed by atoms with van der Waals surface area (Å²) >= 11 is 0. The van der Waals surface area contributed by atoms with Crippen molar-refractivity contribution in [2.24, 2.45) is 5.92 Å². The van der Waals surface area contributed by atoms with Crippen LogP contribution < -0.4 is 24.8 Å². The molecule has 3 heterocycles. The number of benzene rings is 1. The Hall–Kier alpha value is -4.68. The molecule has 0 bridgehead atoms. The molecule has 3 N–H and O–H groups in total. The number of amides is 4. The molecular weight excluding hydrogens is 774 g/mol. The first-order valence-corrected chi connectivity index (χ1v) is 20.8. The van der Waals surface area contributed by atoms with E-state index in [1.165, 1.54) is 32.2 Å². The molecule has 1 aromatic carbocycles. The van der Waals surface area contributed by atoms with Crippen LogP contribution in [0.4, 0.5) is 18.0 Å². The molecule has 3 fully saturated rings. The van der Waals surface area contributed by atoms with Gasteiger partial charge < -0.3 is 29.7 Å². The highest BCUT2D eigenvalue weighted by Gasteiger charge is 2.63. The molecule has 2 aromatic rings. The third-order valence-corrected chi connectivity index (χ3v) is 13.5. The molecule has 6 rings (SSSR count). The summed E-state index contributed by atoms with van der Waals surface area (Å²) < 4.78 is 87.1. The largest absolute Gasteiger partial charge is 0.497 e. The third-order valence-electron chi connectivity index (χ3n) is 11.3. The Morgan fingerprint density at radius 1 is 1.09 bits per heavy atom. The summed E-state index contributed by atoms with van der Waals surface area (Å²) in [5.74, 6) is -3.66. The van der Waals surface area contributed by atoms with Crippen molar-refractivity contribution in [2.75, 3.05) is 13.7 Å². The third kappa shape index (κ3) is 9.07. The quantitative estimate of drug-likeness (QED) is 0.282. The van der Waals surface area contributed by atoms with Crippen LogP contribution in [0.5, 0.6) is 11.6 Å². The fourth-order valence-electron chi connectivity index (χ4n) is 7.30. The standard InChI is InChI=1S/C38H49F3N6O9S/c1-5-23(6-2)56-35(51)44-27-13-11-9-7-8-10-12-22-20-37(22,34(50)46-57(52,53)36(3)16-17-36)45-31(48)29-19-25(21-47(29)33(27)49)55-32-30(38(39,40)41)42-28-18-24(54-4)14-15-26(28)43-32/h10,12,14-15,18,22-23,25,27,29H,5-9,11,13,16-17,19-21H2,1-4H3,(H,44,51)(H,45,48)(H,46,50)/b12-10+/t22-,25-,27+,29+,37-/m1/s1. The number of nitrogens with one attached hydrogen (secondary N) is 3. The number of ether oxygens (including phenoxy) is 3. The molecular formula is C38H49F3N6O9S. The summed E-state index contributed by atoms with van der Waals surface area (Å²) in [6, 6.07) is 1.60. The number of nitrogens with zero attached hydrogens (tertiary/aromatic N) is 3. The Morgan fingerprint density at radius 2 is 1.82 bits per heavy atom. The van der Waals surface area contributed by atoms with Gasteiger partial charge in [0.05, 0.1) is 29.4 Å². The van der Waals surface area contributed by atoms with Gasteiger partial charge in [0.2, 0.25) is 33.4 Å². The van der Waals surface area contributed by atoms with Gasteiger partial charge in [0.25, 0.3) is 5.91 Å². The van der Waals surface area contributed by atoms with Crippen LogP contribution in [-0.4, -0.2) is 95.3 Å². The number of allylic oxidation sites excluding steroid dienone is 1. The van der Waals surface area contributed by atoms with Gasteiger partial charge in [-0.25, -0.2) is 23.2 Å². The molecule has 5 atom stereocenters. The number of aromatic nitrogens is 2. The normalized spacial score (nSPS) is 26.9. The molecule has 2 saturated carbocycles. The fraction of sp³-hybridized carbons (Fsp3) is 0.632. The summed E-state index contributed by atoms with van der Waals surface area (Å²) in [4.78, 5) is 64.7. The maximum atomic E-state index is 14.5. The lowest BCUT2D eigenvalue weighted by Gasteiger charge is -2.30. The number of alkyl carbamates (subject to hydrolysis) is 1. The van der Waals surface area contributed by atoms with E-state index in [9.17, 15) is 40.8 Å². The van der Waals surface area contributed by atoms with Gasteiger partial charge in [0.1, 0.15) is 35.6 Å². The number of carbonyl (C=O) groups is 4. The van der Waals surface area contributed by atoms with Gasteiger partial charge >= 0.3 is 12.3 Å². The van der Waals surface area contributed by atoms with Gasteiger partial charge in [-0.05, 0) is 70.4 Å². The van der Waals surface area contributed by atoms with Crippen LogP contribution in [0.25, 0.3) is 11.0 Å². The van der Waals surface area contributed by atoms with Crippen molar-refractivity contribution in [1.29, 1.82) is 0 Å². The first kappa shape index (κ1) is 41.9. The fourth-order valence-corrected chi connectivity index (χ4v) is 8.61. The molecule has 4 amide bonds. The smallest absolute Gasteiger partial charge is 0.438 e. The lowest BCUT2D eigenvalue weighted by Crippen LogP contribution is -2.58. The van der Waals surface area contributed by atoms with E-state index in [0.29, 0.717) is 51.4 Å². The second-order valence-corrected chi connectivity index (χ2v) is 17.7. The number of hydrogen-bond donors (Lipinski definition) is 3. The van der Waals surface area contributed by atoms with Crippen LogP contribution in [0.3, 0.4) is 0 Å². The lowest BCUT2D eigenvalue weighted by atomic mass is 10.0. The van der Waals surface area contributed by atoms with Crippen LogP contribution in [0.1, 0.15) is 97.1 Å². The Bertz CT molecular complexity index is 2020. The van der Waals surface area contributed by atoms with Crippen LogP contribution in [-0.2, 0) is 35.3 Å². The maximum absolute atomic E-state index is 14.5. The molecule has 19 heteroatoms. The van der Waals surface area contributed by atoms with Crippen molar-refractivity contribution >= 4 is 44.9 Å². The predicted molar refractivity (Wildman–Crippen MR) is 199 cm³/mol. The van der Waals surface area contributed by atoms with Crippen molar-refractivity contribution < 1.29 is 55.0 Å². The number of rotatable bonds is 10. The van der Waals surface area contributed by atoms with Gasteiger partial charge in [-0.15, -0.1) is 0 Å². The number of methoxy groups -OCH3 is 1. The van der Waals surface area contributed by atoms with Crippen LogP contribution >= 0.6 is 0 Å². The Balaban J connectivity index is 1.34. The zero-order chi connectivity index (χ0) is 41.3. The molecule has 0 radical (unpaired) electrons. The molecule has 312 valence electrons. The summed E-state index contributed by atoms with van der Waals surface area (Å²) in [5.41, 5.74) is -3.14. The molecule has 57 heavy (non-hydrogen) atoms. The minimum Gasteiger partial charge on any atom is -0.497 e. The van der Waals surface area contributed by atoms with E-state index in [-0.39, 0.29) is 36.0 Å². The minimum absolute atomic E-state index is 0.0662. The van der Waals surface area contributed by atoms with E-state index in [1.807, 2.05) is 19.9 Å². The van der Waals surface area contributed by atoms with E-state index in [4.69, 9.17) is 14.2 Å². The van der Waals surface area contributed by atoms with Gasteiger partial charge in [-0.1, -0.05) is 38.8 Å². The maximum Gasteiger partial charge on any atom is 0.438 e. The number of halogens is 3. The number of carbonyl (C=O) groups excluding carboxylic acids is 4. The molecule has 4 aliphatic rings. The predicted octanol–water partition coefficient (Wildman–Crippen LogP) is 4.68. The van der Waals surface area contributed by atoms with Crippen molar-refractivity contribution in [3.05, 3.63) is 36.0 Å². The summed E-state index contributed by atoms with van der Waals surface area (Å²) in [7, 11) is -2.74. The molecule has 1 saturated heterocycles. The van der Waals surface area contributed by atoms with Gasteiger partial charge in [0.15, 0.2) is 0 Å². The Labute approximate surface area is 328 Å². The summed E-state index contributed by atoms with van der Waals surface area (Å²) in [5, 5.41) is 5.38. The Morgan fingerprint density at radius 3 is 2.49 bits per heavy atom. The number of fused-ring (bicyclic) bond motifs is 3. The van der Waals surface area contributed by atoms with Crippen LogP contribution in [0.15, 0.2) is 30.4 Å². The molecule has 1 aromatic heterocycles. The average Bonchev–Trinajstić information content (AvgIpc) is 4.04. The molecule has 2 aliphatic heterocycles. The van der Waals surface area contributed by atoms with Crippen molar-refractivity contribution in [2.45, 2.75) is 132 Å². The topological polar surface area (TPSA) is 195 Å². The van der Waals surface area contributed by atoms with Gasteiger partial charge in [-0.3, -0.25) is 19.1 Å². The second-order valence-electron chi connectivity index (χ2n) is 15.5. The second kappa shape index (κ2) is 16.3. The number of hydrogen-bond acceptors (Lipinski definition) is 11. The number of alkyl halides is 3. The van der Waals surface area contributed by atoms with Crippen molar-refractivity contribution in [1.82, 2.24) is 30.2 Å². The molecule has 15 nitrogen and oxygen atoms in total. The summed E-state index contributed by atoms with van der Waals surface area (Å²) in [6.07, 6.45) is 0.302. The summed E-state index contributed by atoms with van der Waals surface area (Å²) in [6.45, 7) is 4.82. The Kier molecular flexibility index (Phi) is 12.0. The van der Waals surface area contributed by atoms with E-state index < -0.39 is 98.6 Å². The van der Waals surface area contributed by atoms with E-state index in [0.717, 1.165) is 4.90 Å². The number of sulfonamides is 1. The van der Waals surface area contributed by atoms with Crippen molar-refractivity contribution in [3.8, 4) is 11.6 Å². The highest BCUT2D eigenvalue weighted by molar-refractivity contribution is 7.91. The average molecular weight is 823 g/mol.